The summed E-state index contributed by atoms with van der Waals surface area (Å²) in [5, 5.41) is 8.14. The molecule has 1 N–H and O–H groups in total. The highest BCUT2D eigenvalue weighted by molar-refractivity contribution is 6.06. The van der Waals surface area contributed by atoms with E-state index in [4.69, 9.17) is 4.42 Å². The van der Waals surface area contributed by atoms with Gasteiger partial charge in [0.1, 0.15) is 11.3 Å². The van der Waals surface area contributed by atoms with Crippen LogP contribution in [0.2, 0.25) is 0 Å². The lowest BCUT2D eigenvalue weighted by Gasteiger charge is -2.20. The van der Waals surface area contributed by atoms with Crippen LogP contribution >= 0.6 is 0 Å². The molecule has 0 unspecified atom stereocenters. The molecule has 1 aliphatic heterocycles. The number of rotatable bonds is 3. The zero-order valence-electron chi connectivity index (χ0n) is 15.4. The van der Waals surface area contributed by atoms with Gasteiger partial charge in [0, 0.05) is 28.8 Å². The van der Waals surface area contributed by atoms with Crippen LogP contribution in [0.3, 0.4) is 0 Å². The van der Waals surface area contributed by atoms with Crippen molar-refractivity contribution in [3.8, 4) is 11.5 Å². The molecule has 5 nitrogen and oxygen atoms in total. The van der Waals surface area contributed by atoms with Crippen LogP contribution < -0.4 is 4.90 Å². The lowest BCUT2D eigenvalue weighted by atomic mass is 10.1. The number of benzene rings is 2. The summed E-state index contributed by atoms with van der Waals surface area (Å²) in [5.41, 5.74) is 4.60. The van der Waals surface area contributed by atoms with Crippen molar-refractivity contribution in [3.05, 3.63) is 78.0 Å². The molecule has 0 spiro atoms. The number of hydrogen-bond donors (Lipinski definition) is 1. The Balaban J connectivity index is 1.44. The van der Waals surface area contributed by atoms with Crippen LogP contribution in [0.25, 0.3) is 28.5 Å². The molecule has 5 heteroatoms. The normalized spacial score (nSPS) is 16.2. The third-order valence-electron chi connectivity index (χ3n) is 5.19. The minimum absolute atomic E-state index is 0.0331. The molecule has 3 heterocycles. The Labute approximate surface area is 162 Å². The second-order valence-electron chi connectivity index (χ2n) is 7.07. The summed E-state index contributed by atoms with van der Waals surface area (Å²) in [4.78, 5) is 14.7. The predicted octanol–water partition coefficient (Wildman–Crippen LogP) is 4.81. The summed E-state index contributed by atoms with van der Waals surface area (Å²) in [6.07, 6.45) is 5.98. The largest absolute Gasteiger partial charge is 0.454 e. The molecule has 0 saturated carbocycles. The number of para-hydroxylation sites is 2. The van der Waals surface area contributed by atoms with Crippen molar-refractivity contribution in [2.24, 2.45) is 0 Å². The number of furan rings is 1. The number of carbonyl (C=O) groups is 1. The maximum Gasteiger partial charge on any atom is 0.251 e. The SMILES string of the molecule is C[C@@H]1Cc2ccccc2N1C(=O)C=Cc1cn[nH]c1-c1cc2ccccc2o1. The Morgan fingerprint density at radius 2 is 2.04 bits per heavy atom. The number of amides is 1. The molecular formula is C23H19N3O2. The van der Waals surface area contributed by atoms with Crippen LogP contribution in [-0.4, -0.2) is 22.1 Å². The molecule has 0 aliphatic carbocycles. The van der Waals surface area contributed by atoms with Crippen molar-refractivity contribution < 1.29 is 9.21 Å². The van der Waals surface area contributed by atoms with Gasteiger partial charge in [-0.3, -0.25) is 9.89 Å². The molecule has 138 valence electrons. The Kier molecular flexibility index (Phi) is 3.86. The van der Waals surface area contributed by atoms with Crippen LogP contribution in [0.15, 0.2) is 71.3 Å². The van der Waals surface area contributed by atoms with Crippen molar-refractivity contribution >= 4 is 28.6 Å². The van der Waals surface area contributed by atoms with Gasteiger partial charge in [-0.1, -0.05) is 36.4 Å². The van der Waals surface area contributed by atoms with Crippen LogP contribution in [0.5, 0.6) is 0 Å². The minimum atomic E-state index is -0.0331. The van der Waals surface area contributed by atoms with E-state index in [0.29, 0.717) is 5.76 Å². The summed E-state index contributed by atoms with van der Waals surface area (Å²) in [7, 11) is 0. The number of hydrogen-bond acceptors (Lipinski definition) is 3. The number of nitrogens with zero attached hydrogens (tertiary/aromatic N) is 2. The van der Waals surface area contributed by atoms with E-state index in [1.807, 2.05) is 53.4 Å². The second kappa shape index (κ2) is 6.53. The van der Waals surface area contributed by atoms with Crippen molar-refractivity contribution in [1.29, 1.82) is 0 Å². The number of H-pyrrole nitrogens is 1. The molecule has 1 amide bonds. The van der Waals surface area contributed by atoms with Crippen LogP contribution in [-0.2, 0) is 11.2 Å². The highest BCUT2D eigenvalue weighted by atomic mass is 16.3. The molecule has 0 radical (unpaired) electrons. The molecule has 0 saturated heterocycles. The predicted molar refractivity (Wildman–Crippen MR) is 110 cm³/mol. The zero-order valence-corrected chi connectivity index (χ0v) is 15.4. The average molecular weight is 369 g/mol. The number of nitrogens with one attached hydrogen (secondary N) is 1. The first-order chi connectivity index (χ1) is 13.7. The van der Waals surface area contributed by atoms with Gasteiger partial charge in [0.15, 0.2) is 5.76 Å². The summed E-state index contributed by atoms with van der Waals surface area (Å²) >= 11 is 0. The van der Waals surface area contributed by atoms with Gasteiger partial charge in [-0.25, -0.2) is 0 Å². The molecule has 0 bridgehead atoms. The summed E-state index contributed by atoms with van der Waals surface area (Å²) in [6, 6.07) is 18.0. The standard InChI is InChI=1S/C23H19N3O2/c1-15-12-16-6-2-4-8-19(16)26(15)22(27)11-10-18-14-24-25-23(18)21-13-17-7-3-5-9-20(17)28-21/h2-11,13-15H,12H2,1H3,(H,24,25)/t15-/m1/s1. The van der Waals surface area contributed by atoms with E-state index in [-0.39, 0.29) is 11.9 Å². The second-order valence-corrected chi connectivity index (χ2v) is 7.07. The van der Waals surface area contributed by atoms with Gasteiger partial charge < -0.3 is 9.32 Å². The summed E-state index contributed by atoms with van der Waals surface area (Å²) in [6.45, 7) is 2.07. The molecule has 2 aromatic heterocycles. The Morgan fingerprint density at radius 3 is 2.93 bits per heavy atom. The van der Waals surface area contributed by atoms with Crippen molar-refractivity contribution in [3.63, 3.8) is 0 Å². The van der Waals surface area contributed by atoms with Gasteiger partial charge in [0.05, 0.1) is 6.20 Å². The first-order valence-corrected chi connectivity index (χ1v) is 9.32. The highest BCUT2D eigenvalue weighted by Gasteiger charge is 2.29. The first-order valence-electron chi connectivity index (χ1n) is 9.32. The lowest BCUT2D eigenvalue weighted by Crippen LogP contribution is -2.34. The van der Waals surface area contributed by atoms with Crippen molar-refractivity contribution in [2.75, 3.05) is 4.90 Å². The number of fused-ring (bicyclic) bond motifs is 2. The molecule has 1 aliphatic rings. The van der Waals surface area contributed by atoms with E-state index >= 15 is 0 Å². The fourth-order valence-corrected chi connectivity index (χ4v) is 3.87. The van der Waals surface area contributed by atoms with Crippen molar-refractivity contribution in [1.82, 2.24) is 10.2 Å². The Morgan fingerprint density at radius 1 is 1.21 bits per heavy atom. The summed E-state index contributed by atoms with van der Waals surface area (Å²) in [5.74, 6) is 0.667. The van der Waals surface area contributed by atoms with Crippen molar-refractivity contribution in [2.45, 2.75) is 19.4 Å². The summed E-state index contributed by atoms with van der Waals surface area (Å²) < 4.78 is 5.92. The molecule has 28 heavy (non-hydrogen) atoms. The fourth-order valence-electron chi connectivity index (χ4n) is 3.87. The minimum Gasteiger partial charge on any atom is -0.454 e. The van der Waals surface area contributed by atoms with Gasteiger partial charge in [0.25, 0.3) is 5.91 Å². The topological polar surface area (TPSA) is 62.1 Å². The van der Waals surface area contributed by atoms with Gasteiger partial charge >= 0.3 is 0 Å². The van der Waals surface area contributed by atoms with E-state index in [1.54, 1.807) is 18.3 Å². The lowest BCUT2D eigenvalue weighted by molar-refractivity contribution is -0.114. The Bertz CT molecular complexity index is 1170. The van der Waals surface area contributed by atoms with E-state index in [0.717, 1.165) is 34.3 Å². The molecule has 1 atom stereocenters. The van der Waals surface area contributed by atoms with E-state index in [1.165, 1.54) is 5.56 Å². The molecular weight excluding hydrogens is 350 g/mol. The van der Waals surface area contributed by atoms with Crippen LogP contribution in [0.1, 0.15) is 18.1 Å². The number of aromatic amines is 1. The first kappa shape index (κ1) is 16.6. The number of carbonyl (C=O) groups excluding carboxylic acids is 1. The molecule has 0 fully saturated rings. The van der Waals surface area contributed by atoms with E-state index in [2.05, 4.69) is 23.2 Å². The highest BCUT2D eigenvalue weighted by Crippen LogP contribution is 2.32. The van der Waals surface area contributed by atoms with E-state index in [9.17, 15) is 4.79 Å². The van der Waals surface area contributed by atoms with Gasteiger partial charge in [-0.05, 0) is 43.2 Å². The maximum atomic E-state index is 12.9. The maximum absolute atomic E-state index is 12.9. The zero-order chi connectivity index (χ0) is 19.1. The fraction of sp³-hybridized carbons (Fsp3) is 0.130. The molecule has 4 aromatic rings. The van der Waals surface area contributed by atoms with Crippen LogP contribution in [0.4, 0.5) is 5.69 Å². The number of aromatic nitrogens is 2. The third kappa shape index (κ3) is 2.72. The van der Waals surface area contributed by atoms with Gasteiger partial charge in [0.2, 0.25) is 0 Å². The monoisotopic (exact) mass is 369 g/mol. The Hall–Kier alpha value is -3.60. The van der Waals surface area contributed by atoms with E-state index < -0.39 is 0 Å². The smallest absolute Gasteiger partial charge is 0.251 e. The third-order valence-corrected chi connectivity index (χ3v) is 5.19. The molecule has 2 aromatic carbocycles. The average Bonchev–Trinajstić information content (AvgIpc) is 3.41. The molecule has 5 rings (SSSR count). The van der Waals surface area contributed by atoms with Gasteiger partial charge in [-0.2, -0.15) is 5.10 Å². The number of anilines is 1. The quantitative estimate of drug-likeness (QED) is 0.527. The van der Waals surface area contributed by atoms with Crippen LogP contribution in [0, 0.1) is 0 Å². The van der Waals surface area contributed by atoms with Gasteiger partial charge in [-0.15, -0.1) is 0 Å².